The van der Waals surface area contributed by atoms with Crippen molar-refractivity contribution in [3.05, 3.63) is 0 Å². The van der Waals surface area contributed by atoms with Gasteiger partial charge in [-0.2, -0.15) is 0 Å². The van der Waals surface area contributed by atoms with Crippen LogP contribution in [0.15, 0.2) is 0 Å². The van der Waals surface area contributed by atoms with E-state index in [1.807, 2.05) is 0 Å². The number of halogens is 3. The van der Waals surface area contributed by atoms with Crippen LogP contribution in [0, 0.1) is 79.2 Å². The van der Waals surface area contributed by atoms with E-state index in [1.54, 1.807) is 0 Å². The van der Waals surface area contributed by atoms with Crippen LogP contribution in [0.2, 0.25) is 0 Å². The van der Waals surface area contributed by atoms with Crippen molar-refractivity contribution < 1.29 is 82.0 Å². The smallest absolute Gasteiger partial charge is 0 e. The maximum Gasteiger partial charge on any atom is 0 e. The molecule has 0 saturated heterocycles. The van der Waals surface area contributed by atoms with Crippen molar-refractivity contribution in [1.82, 2.24) is 0 Å². The number of rotatable bonds is 0. The molecule has 0 rings (SSSR count). The zero-order valence-electron chi connectivity index (χ0n) is 2.21. The van der Waals surface area contributed by atoms with Gasteiger partial charge in [-0.15, -0.1) is 0 Å². The third-order valence-corrected chi connectivity index (χ3v) is 0. The molecule has 0 heterocycles. The molecule has 0 aromatic heterocycles. The predicted molar refractivity (Wildman–Crippen MR) is 3.32 cm³/mol. The van der Waals surface area contributed by atoms with Crippen LogP contribution in [0.3, 0.4) is 0 Å². The summed E-state index contributed by atoms with van der Waals surface area (Å²) in [5.74, 6) is 0. The Labute approximate surface area is 79.7 Å². The molecule has 0 N–H and O–H groups in total. The van der Waals surface area contributed by atoms with E-state index in [9.17, 15) is 2.73 Å². The van der Waals surface area contributed by atoms with Gasteiger partial charge in [-0.25, -0.2) is 0 Å². The fourth-order valence-corrected chi connectivity index (χ4v) is 0. The van der Waals surface area contributed by atoms with Crippen molar-refractivity contribution in [2.75, 3.05) is 0 Å². The van der Waals surface area contributed by atoms with Gasteiger partial charge in [0.05, 0.1) is 0 Å². The van der Waals surface area contributed by atoms with Crippen molar-refractivity contribution in [3.63, 3.8) is 0 Å². The third kappa shape index (κ3) is 20.9. The zero-order chi connectivity index (χ0) is 3.58. The molecule has 0 aliphatic heterocycles. The van der Waals surface area contributed by atoms with Gasteiger partial charge in [-0.3, -0.25) is 0 Å². The van der Waals surface area contributed by atoms with E-state index < -0.39 is 37.9 Å². The Morgan fingerprint density at radius 3 is 1.00 bits per heavy atom. The summed E-state index contributed by atoms with van der Waals surface area (Å²) >= 11 is -5.16. The molecule has 0 saturated carbocycles. The molecule has 0 bridgehead atoms. The first kappa shape index (κ1) is 10.5. The fraction of sp³-hybridized carbons (Fsp3) is 0. The normalized spacial score (nSPS) is 5.40. The van der Waals surface area contributed by atoms with Crippen molar-refractivity contribution >= 4 is 0 Å². The molecule has 0 unspecified atom stereocenters. The maximum atomic E-state index is 9.88. The average Bonchev–Trinajstić information content (AvgIpc) is 0.811. The molecule has 0 atom stereocenters. The summed E-state index contributed by atoms with van der Waals surface area (Å²) in [4.78, 5) is 0. The average molecular weight is 338 g/mol. The third-order valence-electron chi connectivity index (χ3n) is 0. The van der Waals surface area contributed by atoms with Gasteiger partial charge in [0, 0.05) is 41.3 Å². The van der Waals surface area contributed by atoms with Gasteiger partial charge in [-0.1, -0.05) is 0 Å². The Morgan fingerprint density at radius 1 is 1.00 bits per heavy atom. The quantitative estimate of drug-likeness (QED) is 0.624. The van der Waals surface area contributed by atoms with Gasteiger partial charge < -0.3 is 0 Å². The summed E-state index contributed by atoms with van der Waals surface area (Å²) in [6, 6.07) is 0. The van der Waals surface area contributed by atoms with E-state index in [4.69, 9.17) is 0 Å². The van der Waals surface area contributed by atoms with E-state index in [2.05, 4.69) is 0 Å². The van der Waals surface area contributed by atoms with Gasteiger partial charge in [0.1, 0.15) is 0 Å². The second-order valence-electron chi connectivity index (χ2n) is 0.214. The minimum atomic E-state index is -5.16. The summed E-state index contributed by atoms with van der Waals surface area (Å²) < 4.78 is 29.6. The van der Waals surface area contributed by atoms with Gasteiger partial charge in [-0.05, 0) is 0 Å². The summed E-state index contributed by atoms with van der Waals surface area (Å²) in [5.41, 5.74) is 0. The molecule has 0 fully saturated rings. The molecule has 0 aliphatic rings. The molecule has 0 aliphatic carbocycles. The summed E-state index contributed by atoms with van der Waals surface area (Å²) in [5, 5.41) is 0. The van der Waals surface area contributed by atoms with Crippen molar-refractivity contribution in [1.29, 1.82) is 0 Å². The first-order valence-electron chi connectivity index (χ1n) is 0.567. The summed E-state index contributed by atoms with van der Waals surface area (Å²) in [6.45, 7) is 0. The van der Waals surface area contributed by atoms with Crippen LogP contribution < -0.4 is 0 Å². The standard InChI is InChI=1S/Ce.3FH.Pr/h;3*1H;/q+3;;;;/p-3. The van der Waals surface area contributed by atoms with E-state index in [1.165, 1.54) is 0 Å². The van der Waals surface area contributed by atoms with E-state index >= 15 is 0 Å². The molecule has 1 radical (unpaired) electrons. The largest absolute Gasteiger partial charge is 0 e. The zero-order valence-corrected chi connectivity index (χ0v) is 9.06. The van der Waals surface area contributed by atoms with Crippen LogP contribution >= 0.6 is 0 Å². The van der Waals surface area contributed by atoms with Gasteiger partial charge >= 0.3 is 40.7 Å². The minimum Gasteiger partial charge on any atom is 0 e. The molecule has 0 nitrogen and oxygen atoms in total. The van der Waals surface area contributed by atoms with Gasteiger partial charge in [0.2, 0.25) is 0 Å². The molecule has 0 amide bonds. The van der Waals surface area contributed by atoms with Crippen LogP contribution in [-0.2, 0) is 0 Å². The molecule has 0 aromatic rings. The summed E-state index contributed by atoms with van der Waals surface area (Å²) in [6.07, 6.45) is 0. The van der Waals surface area contributed by atoms with E-state index in [-0.39, 0.29) is 41.3 Å². The first-order valence-corrected chi connectivity index (χ1v) is 4.13. The SMILES string of the molecule is [F][Ce]([F])[F].[Pr]. The molecule has 28 valence electrons. The topological polar surface area (TPSA) is 0 Å². The summed E-state index contributed by atoms with van der Waals surface area (Å²) in [7, 11) is 0. The van der Waals surface area contributed by atoms with Crippen LogP contribution in [-0.4, -0.2) is 0 Å². The van der Waals surface area contributed by atoms with Crippen molar-refractivity contribution in [3.8, 4) is 0 Å². The molecule has 0 aromatic carbocycles. The van der Waals surface area contributed by atoms with E-state index in [0.717, 1.165) is 0 Å². The van der Waals surface area contributed by atoms with Crippen molar-refractivity contribution in [2.45, 2.75) is 0 Å². The molecular weight excluding hydrogens is 338 g/mol. The van der Waals surface area contributed by atoms with Crippen LogP contribution in [0.4, 0.5) is 2.73 Å². The first-order chi connectivity index (χ1) is 1.73. The molecule has 0 spiro atoms. The number of hydrogen-bond donors (Lipinski definition) is 0. The Morgan fingerprint density at radius 2 is 1.00 bits per heavy atom. The van der Waals surface area contributed by atoms with Crippen LogP contribution in [0.5, 0.6) is 0 Å². The monoisotopic (exact) mass is 338 g/mol. The second-order valence-corrected chi connectivity index (χ2v) is 1.56. The Bertz CT molecular complexity index is 11.6. The minimum absolute atomic E-state index is 0. The second kappa shape index (κ2) is 6.53. The number of hydrogen-bond acceptors (Lipinski definition) is 0. The maximum absolute atomic E-state index is 9.88. The van der Waals surface area contributed by atoms with E-state index in [0.29, 0.717) is 0 Å². The Kier molecular flexibility index (Phi) is 13.7. The molecular formula is CeF3Pr. The predicted octanol–water partition coefficient (Wildman–Crippen LogP) is 1.26. The fourth-order valence-electron chi connectivity index (χ4n) is 0. The van der Waals surface area contributed by atoms with Crippen molar-refractivity contribution in [2.24, 2.45) is 0 Å². The Hall–Kier alpha value is 2.53. The Balaban J connectivity index is 0. The van der Waals surface area contributed by atoms with Crippen LogP contribution in [0.25, 0.3) is 0 Å². The van der Waals surface area contributed by atoms with Gasteiger partial charge in [0.25, 0.3) is 0 Å². The molecule has 5 heteroatoms. The molecule has 5 heavy (non-hydrogen) atoms. The van der Waals surface area contributed by atoms with Gasteiger partial charge in [0.15, 0.2) is 0 Å². The van der Waals surface area contributed by atoms with Crippen LogP contribution in [0.1, 0.15) is 0 Å².